The first-order valence-electron chi connectivity index (χ1n) is 8.34. The third kappa shape index (κ3) is 5.13. The molecule has 7 nitrogen and oxygen atoms in total. The lowest BCUT2D eigenvalue weighted by Gasteiger charge is -2.23. The van der Waals surface area contributed by atoms with Crippen molar-refractivity contribution in [2.45, 2.75) is 26.9 Å². The summed E-state index contributed by atoms with van der Waals surface area (Å²) in [6.07, 6.45) is 0. The smallest absolute Gasteiger partial charge is 0.348 e. The predicted octanol–water partition coefficient (Wildman–Crippen LogP) is 1.20. The molecule has 0 aliphatic rings. The average Bonchev–Trinajstić information content (AvgIpc) is 2.58. The number of hydrogen-bond acceptors (Lipinski definition) is 4. The van der Waals surface area contributed by atoms with Gasteiger partial charge in [0.2, 0.25) is 0 Å². The number of aromatic nitrogens is 2. The summed E-state index contributed by atoms with van der Waals surface area (Å²) < 4.78 is 15.3. The Morgan fingerprint density at radius 3 is 2.73 bits per heavy atom. The van der Waals surface area contributed by atoms with Crippen molar-refractivity contribution in [3.8, 4) is 0 Å². The molecule has 140 valence electrons. The summed E-state index contributed by atoms with van der Waals surface area (Å²) in [5, 5.41) is 11.9. The highest BCUT2D eigenvalue weighted by Crippen LogP contribution is 2.10. The van der Waals surface area contributed by atoms with Gasteiger partial charge in [-0.1, -0.05) is 18.2 Å². The minimum absolute atomic E-state index is 0.0458. The summed E-state index contributed by atoms with van der Waals surface area (Å²) in [4.78, 5) is 29.4. The minimum atomic E-state index is -0.437. The molecule has 1 heterocycles. The Labute approximate surface area is 151 Å². The number of aliphatic hydroxyl groups is 1. The molecule has 0 saturated heterocycles. The number of halogens is 1. The highest BCUT2D eigenvalue weighted by molar-refractivity contribution is 5.74. The van der Waals surface area contributed by atoms with Gasteiger partial charge in [-0.15, -0.1) is 0 Å². The van der Waals surface area contributed by atoms with Crippen LogP contribution in [-0.4, -0.2) is 45.3 Å². The Balaban J connectivity index is 1.98. The van der Waals surface area contributed by atoms with Crippen LogP contribution in [0.15, 0.2) is 35.1 Å². The number of nitrogens with one attached hydrogen (secondary N) is 1. The molecule has 2 aromatic rings. The summed E-state index contributed by atoms with van der Waals surface area (Å²) in [6, 6.07) is 7.53. The number of carbonyl (C=O) groups excluding carboxylic acids is 1. The third-order valence-corrected chi connectivity index (χ3v) is 3.93. The highest BCUT2D eigenvalue weighted by Gasteiger charge is 2.15. The van der Waals surface area contributed by atoms with Crippen LogP contribution in [0.1, 0.15) is 17.0 Å². The van der Waals surface area contributed by atoms with E-state index in [-0.39, 0.29) is 38.5 Å². The molecule has 0 radical (unpaired) electrons. The third-order valence-electron chi connectivity index (χ3n) is 3.93. The Hall–Kier alpha value is -2.74. The van der Waals surface area contributed by atoms with Crippen LogP contribution in [-0.2, 0) is 13.1 Å². The van der Waals surface area contributed by atoms with E-state index >= 15 is 0 Å². The molecule has 0 atom stereocenters. The van der Waals surface area contributed by atoms with E-state index in [0.717, 1.165) is 5.69 Å². The standard InChI is InChI=1S/C18H23FN4O3/c1-13-11-14(2)23(18(26)21-13)8-7-20-17(25)22(9-10-24)12-15-5-3-4-6-16(15)19/h3-6,11,24H,7-10,12H2,1-2H3,(H,20,25). The number of hydrogen-bond donors (Lipinski definition) is 2. The largest absolute Gasteiger partial charge is 0.395 e. The number of carbonyl (C=O) groups is 1. The maximum atomic E-state index is 13.8. The quantitative estimate of drug-likeness (QED) is 0.775. The SMILES string of the molecule is Cc1cc(C)n(CCNC(=O)N(CCO)Cc2ccccc2F)c(=O)n1. The van der Waals surface area contributed by atoms with Crippen molar-refractivity contribution < 1.29 is 14.3 Å². The van der Waals surface area contributed by atoms with E-state index in [9.17, 15) is 14.0 Å². The van der Waals surface area contributed by atoms with Crippen LogP contribution in [0.3, 0.4) is 0 Å². The molecular formula is C18H23FN4O3. The van der Waals surface area contributed by atoms with E-state index in [2.05, 4.69) is 10.3 Å². The average molecular weight is 362 g/mol. The van der Waals surface area contributed by atoms with Crippen LogP contribution in [0.4, 0.5) is 9.18 Å². The maximum Gasteiger partial charge on any atom is 0.348 e. The van der Waals surface area contributed by atoms with Crippen molar-refractivity contribution in [1.82, 2.24) is 19.8 Å². The summed E-state index contributed by atoms with van der Waals surface area (Å²) in [5.41, 5.74) is 1.41. The molecule has 0 bridgehead atoms. The maximum absolute atomic E-state index is 13.8. The zero-order valence-corrected chi connectivity index (χ0v) is 14.9. The van der Waals surface area contributed by atoms with E-state index in [1.807, 2.05) is 0 Å². The van der Waals surface area contributed by atoms with Gasteiger partial charge in [0.05, 0.1) is 13.2 Å². The van der Waals surface area contributed by atoms with Gasteiger partial charge in [0, 0.05) is 36.6 Å². The topological polar surface area (TPSA) is 87.5 Å². The number of rotatable bonds is 7. The molecule has 1 aromatic heterocycles. The zero-order valence-electron chi connectivity index (χ0n) is 14.9. The molecular weight excluding hydrogens is 339 g/mol. The molecule has 2 amide bonds. The number of urea groups is 1. The lowest BCUT2D eigenvalue weighted by atomic mass is 10.2. The van der Waals surface area contributed by atoms with Crippen LogP contribution in [0.2, 0.25) is 0 Å². The van der Waals surface area contributed by atoms with Crippen molar-refractivity contribution >= 4 is 6.03 Å². The lowest BCUT2D eigenvalue weighted by Crippen LogP contribution is -2.43. The van der Waals surface area contributed by atoms with Gasteiger partial charge >= 0.3 is 11.7 Å². The van der Waals surface area contributed by atoms with Crippen molar-refractivity contribution in [1.29, 1.82) is 0 Å². The van der Waals surface area contributed by atoms with E-state index in [1.54, 1.807) is 38.1 Å². The van der Waals surface area contributed by atoms with Crippen molar-refractivity contribution in [3.05, 3.63) is 63.6 Å². The van der Waals surface area contributed by atoms with Gasteiger partial charge in [0.1, 0.15) is 5.82 Å². The number of amides is 2. The Morgan fingerprint density at radius 2 is 2.08 bits per heavy atom. The Morgan fingerprint density at radius 1 is 1.35 bits per heavy atom. The molecule has 26 heavy (non-hydrogen) atoms. The highest BCUT2D eigenvalue weighted by atomic mass is 19.1. The van der Waals surface area contributed by atoms with Crippen LogP contribution in [0, 0.1) is 19.7 Å². The van der Waals surface area contributed by atoms with Gasteiger partial charge < -0.3 is 15.3 Å². The molecule has 2 rings (SSSR count). The molecule has 0 spiro atoms. The molecule has 8 heteroatoms. The van der Waals surface area contributed by atoms with Gasteiger partial charge in [-0.2, -0.15) is 4.98 Å². The van der Waals surface area contributed by atoms with E-state index < -0.39 is 11.8 Å². The van der Waals surface area contributed by atoms with Crippen LogP contribution < -0.4 is 11.0 Å². The van der Waals surface area contributed by atoms with E-state index in [4.69, 9.17) is 5.11 Å². The Kier molecular flexibility index (Phi) is 6.85. The van der Waals surface area contributed by atoms with E-state index in [1.165, 1.54) is 15.5 Å². The van der Waals surface area contributed by atoms with Crippen LogP contribution in [0.25, 0.3) is 0 Å². The number of aliphatic hydroxyl groups excluding tert-OH is 1. The number of aryl methyl sites for hydroxylation is 2. The predicted molar refractivity (Wildman–Crippen MR) is 95.3 cm³/mol. The first kappa shape index (κ1) is 19.6. The second-order valence-corrected chi connectivity index (χ2v) is 5.94. The summed E-state index contributed by atoms with van der Waals surface area (Å²) in [6.45, 7) is 3.92. The van der Waals surface area contributed by atoms with Crippen molar-refractivity contribution in [3.63, 3.8) is 0 Å². The molecule has 0 fully saturated rings. The van der Waals surface area contributed by atoms with Crippen molar-refractivity contribution in [2.75, 3.05) is 19.7 Å². The van der Waals surface area contributed by atoms with Gasteiger partial charge in [-0.05, 0) is 26.0 Å². The molecule has 1 aromatic carbocycles. The number of benzene rings is 1. The van der Waals surface area contributed by atoms with Gasteiger partial charge in [0.25, 0.3) is 0 Å². The molecule has 2 N–H and O–H groups in total. The van der Waals surface area contributed by atoms with Gasteiger partial charge in [-0.25, -0.2) is 14.0 Å². The van der Waals surface area contributed by atoms with Crippen LogP contribution >= 0.6 is 0 Å². The molecule has 0 unspecified atom stereocenters. The van der Waals surface area contributed by atoms with Gasteiger partial charge in [-0.3, -0.25) is 4.57 Å². The first-order chi connectivity index (χ1) is 12.4. The monoisotopic (exact) mass is 362 g/mol. The fourth-order valence-electron chi connectivity index (χ4n) is 2.64. The first-order valence-corrected chi connectivity index (χ1v) is 8.34. The fourth-order valence-corrected chi connectivity index (χ4v) is 2.64. The summed E-state index contributed by atoms with van der Waals surface area (Å²) in [7, 11) is 0. The second kappa shape index (κ2) is 9.10. The number of nitrogens with zero attached hydrogens (tertiary/aromatic N) is 3. The Bertz CT molecular complexity index is 822. The molecule has 0 aliphatic heterocycles. The lowest BCUT2D eigenvalue weighted by molar-refractivity contribution is 0.173. The van der Waals surface area contributed by atoms with Crippen molar-refractivity contribution in [2.24, 2.45) is 0 Å². The summed E-state index contributed by atoms with van der Waals surface area (Å²) >= 11 is 0. The normalized spacial score (nSPS) is 10.6. The fraction of sp³-hybridized carbons (Fsp3) is 0.389. The second-order valence-electron chi connectivity index (χ2n) is 5.94. The van der Waals surface area contributed by atoms with Crippen LogP contribution in [0.5, 0.6) is 0 Å². The zero-order chi connectivity index (χ0) is 19.1. The van der Waals surface area contributed by atoms with E-state index in [0.29, 0.717) is 11.3 Å². The molecule has 0 saturated carbocycles. The molecule has 0 aliphatic carbocycles. The summed E-state index contributed by atoms with van der Waals surface area (Å²) in [5.74, 6) is -0.406. The minimum Gasteiger partial charge on any atom is -0.395 e. The van der Waals surface area contributed by atoms with Gasteiger partial charge in [0.15, 0.2) is 0 Å².